The summed E-state index contributed by atoms with van der Waals surface area (Å²) < 4.78 is 37.9. The minimum Gasteiger partial charge on any atom is -0.507 e. The van der Waals surface area contributed by atoms with Crippen molar-refractivity contribution >= 4 is 27.5 Å². The molecule has 1 atom stereocenters. The number of pyridine rings is 1. The molecule has 0 bridgehead atoms. The quantitative estimate of drug-likeness (QED) is 0.308. The monoisotopic (exact) mass is 542 g/mol. The molecule has 3 fully saturated rings. The van der Waals surface area contributed by atoms with E-state index in [0.717, 1.165) is 13.1 Å². The summed E-state index contributed by atoms with van der Waals surface area (Å²) in [7, 11) is -3.72. The molecule has 0 aliphatic carbocycles. The van der Waals surface area contributed by atoms with E-state index in [0.29, 0.717) is 38.5 Å². The number of likely N-dealkylation sites (tertiary alicyclic amines) is 1. The van der Waals surface area contributed by atoms with Crippen LogP contribution in [-0.2, 0) is 29.1 Å². The van der Waals surface area contributed by atoms with Gasteiger partial charge in [-0.05, 0) is 35.9 Å². The molecular formula is C26H30N4O7S. The van der Waals surface area contributed by atoms with Crippen LogP contribution < -0.4 is 0 Å². The fraction of sp³-hybridized carbons (Fsp3) is 0.423. The van der Waals surface area contributed by atoms with Crippen molar-refractivity contribution in [2.75, 3.05) is 65.7 Å². The average Bonchev–Trinajstić information content (AvgIpc) is 3.22. The van der Waals surface area contributed by atoms with Crippen LogP contribution in [0.5, 0.6) is 0 Å². The lowest BCUT2D eigenvalue weighted by Gasteiger charge is -2.30. The Morgan fingerprint density at radius 1 is 0.947 bits per heavy atom. The van der Waals surface area contributed by atoms with Gasteiger partial charge in [-0.1, -0.05) is 6.07 Å². The van der Waals surface area contributed by atoms with Crippen molar-refractivity contribution in [2.45, 2.75) is 10.9 Å². The molecule has 0 saturated carbocycles. The van der Waals surface area contributed by atoms with E-state index in [1.54, 1.807) is 24.5 Å². The minimum absolute atomic E-state index is 0.0474. The molecule has 1 amide bonds. The number of sulfonamides is 1. The number of carbonyl (C=O) groups is 2. The fourth-order valence-electron chi connectivity index (χ4n) is 4.95. The van der Waals surface area contributed by atoms with Crippen LogP contribution in [0, 0.1) is 0 Å². The van der Waals surface area contributed by atoms with Crippen LogP contribution in [0.25, 0.3) is 5.76 Å². The van der Waals surface area contributed by atoms with Crippen molar-refractivity contribution in [1.29, 1.82) is 0 Å². The maximum absolute atomic E-state index is 13.2. The Morgan fingerprint density at radius 2 is 1.61 bits per heavy atom. The van der Waals surface area contributed by atoms with Gasteiger partial charge in [0.2, 0.25) is 10.0 Å². The van der Waals surface area contributed by atoms with Crippen LogP contribution in [0.3, 0.4) is 0 Å². The van der Waals surface area contributed by atoms with E-state index in [9.17, 15) is 23.1 Å². The topological polar surface area (TPSA) is 130 Å². The molecule has 38 heavy (non-hydrogen) atoms. The highest BCUT2D eigenvalue weighted by Gasteiger charge is 2.46. The molecule has 12 heteroatoms. The number of hydrogen-bond donors (Lipinski definition) is 1. The number of aliphatic hydroxyl groups is 1. The number of ether oxygens (including phenoxy) is 2. The first-order chi connectivity index (χ1) is 18.4. The van der Waals surface area contributed by atoms with Gasteiger partial charge in [-0.15, -0.1) is 0 Å². The summed E-state index contributed by atoms with van der Waals surface area (Å²) in [5.41, 5.74) is 0.793. The third kappa shape index (κ3) is 5.22. The van der Waals surface area contributed by atoms with Crippen molar-refractivity contribution in [1.82, 2.24) is 19.1 Å². The molecule has 1 aromatic carbocycles. The number of hydrogen-bond acceptors (Lipinski definition) is 9. The Balaban J connectivity index is 1.46. The summed E-state index contributed by atoms with van der Waals surface area (Å²) in [6.45, 7) is 4.74. The van der Waals surface area contributed by atoms with Crippen LogP contribution in [0.1, 0.15) is 17.2 Å². The summed E-state index contributed by atoms with van der Waals surface area (Å²) in [5, 5.41) is 11.3. The molecule has 5 rings (SSSR count). The summed E-state index contributed by atoms with van der Waals surface area (Å²) in [5.74, 6) is -1.84. The predicted octanol–water partition coefficient (Wildman–Crippen LogP) is 0.856. The molecule has 2 aromatic rings. The Hall–Kier alpha value is -3.16. The summed E-state index contributed by atoms with van der Waals surface area (Å²) in [4.78, 5) is 34.2. The molecule has 0 radical (unpaired) electrons. The highest BCUT2D eigenvalue weighted by molar-refractivity contribution is 7.89. The molecule has 0 unspecified atom stereocenters. The zero-order chi connectivity index (χ0) is 26.7. The standard InChI is InChI=1S/C26H30N4O7S/c31-24(19-3-5-21(6-4-19)38(34,35)29-12-16-37-17-13-29)22-23(20-2-1-7-27-18-20)30(26(33)25(22)32)9-8-28-10-14-36-15-11-28/h1-7,18,23,31H,8-17H2/b24-22+/t23-/m1/s1. The van der Waals surface area contributed by atoms with E-state index in [1.165, 1.54) is 33.5 Å². The van der Waals surface area contributed by atoms with Crippen molar-refractivity contribution in [3.8, 4) is 0 Å². The van der Waals surface area contributed by atoms with Crippen LogP contribution in [0.4, 0.5) is 0 Å². The normalized spacial score (nSPS) is 23.2. The first-order valence-corrected chi connectivity index (χ1v) is 14.0. The number of aromatic nitrogens is 1. The lowest BCUT2D eigenvalue weighted by atomic mass is 9.96. The Morgan fingerprint density at radius 3 is 2.24 bits per heavy atom. The minimum atomic E-state index is -3.72. The first-order valence-electron chi connectivity index (χ1n) is 12.5. The van der Waals surface area contributed by atoms with Crippen LogP contribution >= 0.6 is 0 Å². The maximum Gasteiger partial charge on any atom is 0.295 e. The number of benzene rings is 1. The second-order valence-corrected chi connectivity index (χ2v) is 11.2. The number of amides is 1. The van der Waals surface area contributed by atoms with Crippen molar-refractivity contribution in [3.05, 3.63) is 65.5 Å². The molecule has 3 aliphatic heterocycles. The van der Waals surface area contributed by atoms with Gasteiger partial charge >= 0.3 is 0 Å². The largest absolute Gasteiger partial charge is 0.507 e. The van der Waals surface area contributed by atoms with Crippen molar-refractivity contribution < 1.29 is 32.6 Å². The van der Waals surface area contributed by atoms with E-state index >= 15 is 0 Å². The number of ketones is 1. The summed E-state index contributed by atoms with van der Waals surface area (Å²) in [6.07, 6.45) is 3.17. The van der Waals surface area contributed by atoms with Gasteiger partial charge in [-0.3, -0.25) is 19.5 Å². The Kier molecular flexibility index (Phi) is 7.86. The lowest BCUT2D eigenvalue weighted by Crippen LogP contribution is -2.42. The van der Waals surface area contributed by atoms with Gasteiger partial charge in [0.1, 0.15) is 5.76 Å². The number of aliphatic hydroxyl groups excluding tert-OH is 1. The number of rotatable bonds is 7. The second-order valence-electron chi connectivity index (χ2n) is 9.27. The Bertz CT molecular complexity index is 1300. The van der Waals surface area contributed by atoms with Gasteiger partial charge in [-0.2, -0.15) is 4.31 Å². The highest BCUT2D eigenvalue weighted by Crippen LogP contribution is 2.39. The molecule has 0 spiro atoms. The van der Waals surface area contributed by atoms with Gasteiger partial charge < -0.3 is 19.5 Å². The zero-order valence-electron chi connectivity index (χ0n) is 20.9. The summed E-state index contributed by atoms with van der Waals surface area (Å²) >= 11 is 0. The highest BCUT2D eigenvalue weighted by atomic mass is 32.2. The summed E-state index contributed by atoms with van der Waals surface area (Å²) in [6, 6.07) is 8.34. The lowest BCUT2D eigenvalue weighted by molar-refractivity contribution is -0.140. The van der Waals surface area contributed by atoms with Gasteiger partial charge in [0.25, 0.3) is 11.7 Å². The third-order valence-corrected chi connectivity index (χ3v) is 8.95. The van der Waals surface area contributed by atoms with Crippen LogP contribution in [0.2, 0.25) is 0 Å². The second kappa shape index (κ2) is 11.3. The van der Waals surface area contributed by atoms with Crippen molar-refractivity contribution in [2.24, 2.45) is 0 Å². The maximum atomic E-state index is 13.2. The molecular weight excluding hydrogens is 512 g/mol. The zero-order valence-corrected chi connectivity index (χ0v) is 21.7. The molecule has 3 saturated heterocycles. The third-order valence-electron chi connectivity index (χ3n) is 7.04. The van der Waals surface area contributed by atoms with E-state index < -0.39 is 27.8 Å². The molecule has 1 N–H and O–H groups in total. The van der Waals surface area contributed by atoms with Gasteiger partial charge in [-0.25, -0.2) is 8.42 Å². The fourth-order valence-corrected chi connectivity index (χ4v) is 6.35. The van der Waals surface area contributed by atoms with Crippen molar-refractivity contribution in [3.63, 3.8) is 0 Å². The Labute approximate surface area is 221 Å². The van der Waals surface area contributed by atoms with E-state index in [2.05, 4.69) is 9.88 Å². The van der Waals surface area contributed by atoms with Crippen LogP contribution in [0.15, 0.2) is 59.3 Å². The predicted molar refractivity (Wildman–Crippen MR) is 137 cm³/mol. The van der Waals surface area contributed by atoms with Gasteiger partial charge in [0.05, 0.1) is 42.9 Å². The average molecular weight is 543 g/mol. The molecule has 202 valence electrons. The molecule has 11 nitrogen and oxygen atoms in total. The number of carbonyl (C=O) groups excluding carboxylic acids is 2. The van der Waals surface area contributed by atoms with Gasteiger partial charge in [0.15, 0.2) is 0 Å². The van der Waals surface area contributed by atoms with E-state index in [4.69, 9.17) is 9.47 Å². The molecule has 3 aliphatic rings. The first kappa shape index (κ1) is 26.4. The van der Waals surface area contributed by atoms with E-state index in [-0.39, 0.29) is 41.4 Å². The number of Topliss-reactive ketones (excluding diaryl/α,β-unsaturated/α-hetero) is 1. The van der Waals surface area contributed by atoms with E-state index in [1.807, 2.05) is 0 Å². The SMILES string of the molecule is O=C1C(=O)N(CCN2CCOCC2)[C@H](c2cccnc2)/C1=C(\O)c1ccc(S(=O)(=O)N2CCOCC2)cc1. The smallest absolute Gasteiger partial charge is 0.295 e. The van der Waals surface area contributed by atoms with Crippen LogP contribution in [-0.4, -0.2) is 110 Å². The number of morpholine rings is 2. The molecule has 1 aromatic heterocycles. The number of nitrogens with zero attached hydrogens (tertiary/aromatic N) is 4. The molecule has 4 heterocycles. The van der Waals surface area contributed by atoms with Gasteiger partial charge in [0, 0.05) is 57.2 Å².